The van der Waals surface area contributed by atoms with Crippen LogP contribution in [-0.2, 0) is 4.79 Å². The van der Waals surface area contributed by atoms with Crippen LogP contribution in [0.2, 0.25) is 0 Å². The molecule has 9 nitrogen and oxygen atoms in total. The van der Waals surface area contributed by atoms with Gasteiger partial charge in [0.1, 0.15) is 11.6 Å². The maximum absolute atomic E-state index is 12.2. The smallest absolute Gasteiger partial charge is 0.325 e. The van der Waals surface area contributed by atoms with Crippen molar-refractivity contribution in [2.24, 2.45) is 11.2 Å². The molecule has 0 saturated heterocycles. The Morgan fingerprint density at radius 1 is 1.50 bits per heavy atom. The van der Waals surface area contributed by atoms with E-state index in [2.05, 4.69) is 26.1 Å². The maximum Gasteiger partial charge on any atom is 0.341 e. The molecule has 0 aromatic carbocycles. The van der Waals surface area contributed by atoms with Crippen molar-refractivity contribution in [1.29, 1.82) is 0 Å². The molecule has 0 aliphatic heterocycles. The zero-order chi connectivity index (χ0) is 16.5. The van der Waals surface area contributed by atoms with Crippen LogP contribution in [-0.4, -0.2) is 45.6 Å². The van der Waals surface area contributed by atoms with Crippen molar-refractivity contribution in [3.05, 3.63) is 10.4 Å². The second-order valence-corrected chi connectivity index (χ2v) is 5.97. The molecule has 0 aliphatic rings. The molecule has 1 rings (SSSR count). The van der Waals surface area contributed by atoms with Crippen LogP contribution < -0.4 is 10.6 Å². The fourth-order valence-corrected chi connectivity index (χ4v) is 2.21. The summed E-state index contributed by atoms with van der Waals surface area (Å²) in [4.78, 5) is 34.7. The van der Waals surface area contributed by atoms with E-state index in [9.17, 15) is 14.5 Å². The molecule has 22 heavy (non-hydrogen) atoms. The van der Waals surface area contributed by atoms with Crippen molar-refractivity contribution >= 4 is 40.0 Å². The molecule has 1 heterocycles. The predicted octanol–water partition coefficient (Wildman–Crippen LogP) is 1.82. The summed E-state index contributed by atoms with van der Waals surface area (Å²) < 4.78 is 0. The number of hydrogen-bond donors (Lipinski definition) is 2. The van der Waals surface area contributed by atoms with Gasteiger partial charge in [-0.1, -0.05) is 25.2 Å². The lowest BCUT2D eigenvalue weighted by atomic mass is 10.0. The molecular weight excluding hydrogens is 332 g/mol. The number of alkyl halides is 1. The van der Waals surface area contributed by atoms with Crippen LogP contribution in [0, 0.1) is 10.8 Å². The minimum atomic E-state index is -0.823. The van der Waals surface area contributed by atoms with Crippen molar-refractivity contribution in [1.82, 2.24) is 20.5 Å². The van der Waals surface area contributed by atoms with Crippen LogP contribution in [0.5, 0.6) is 0 Å². The lowest BCUT2D eigenvalue weighted by Crippen LogP contribution is -2.49. The fraction of sp³-hybridized carbons (Fsp3) is 0.636. The summed E-state index contributed by atoms with van der Waals surface area (Å²) in [6, 6.07) is -1.59. The molecule has 0 fully saturated rings. The van der Waals surface area contributed by atoms with Gasteiger partial charge in [0.05, 0.1) is 11.8 Å². The molecule has 11 heteroatoms. The second kappa shape index (κ2) is 9.26. The average Bonchev–Trinajstić information content (AvgIpc) is 2.96. The summed E-state index contributed by atoms with van der Waals surface area (Å²) in [5.41, 5.74) is 1.48. The van der Waals surface area contributed by atoms with Crippen molar-refractivity contribution in [2.75, 3.05) is 17.7 Å². The van der Waals surface area contributed by atoms with E-state index in [1.54, 1.807) is 0 Å². The number of nitroso groups, excluding NO2 is 1. The first-order valence-electron chi connectivity index (χ1n) is 6.52. The lowest BCUT2D eigenvalue weighted by Gasteiger charge is -2.21. The largest absolute Gasteiger partial charge is 0.341 e. The minimum Gasteiger partial charge on any atom is -0.325 e. The van der Waals surface area contributed by atoms with Gasteiger partial charge in [0, 0.05) is 5.88 Å². The SMILES string of the molecule is CC(C)C[C@@H](NC(=O)N(CCCl)N=O)C(=O)Nc1nncs1. The van der Waals surface area contributed by atoms with Crippen molar-refractivity contribution in [3.63, 3.8) is 0 Å². The van der Waals surface area contributed by atoms with Gasteiger partial charge in [-0.25, -0.2) is 4.79 Å². The van der Waals surface area contributed by atoms with Crippen LogP contribution >= 0.6 is 22.9 Å². The maximum atomic E-state index is 12.2. The summed E-state index contributed by atoms with van der Waals surface area (Å²) >= 11 is 6.65. The molecule has 0 bridgehead atoms. The molecule has 1 atom stereocenters. The number of nitrogens with one attached hydrogen (secondary N) is 2. The highest BCUT2D eigenvalue weighted by Gasteiger charge is 2.25. The number of nitrogens with zero attached hydrogens (tertiary/aromatic N) is 4. The van der Waals surface area contributed by atoms with E-state index in [0.717, 1.165) is 11.3 Å². The van der Waals surface area contributed by atoms with Crippen molar-refractivity contribution in [3.8, 4) is 0 Å². The molecule has 0 saturated carbocycles. The first kappa shape index (κ1) is 18.2. The highest BCUT2D eigenvalue weighted by atomic mass is 35.5. The number of carbonyl (C=O) groups is 2. The molecular formula is C11H17ClN6O3S. The first-order valence-corrected chi connectivity index (χ1v) is 7.93. The van der Waals surface area contributed by atoms with Gasteiger partial charge >= 0.3 is 6.03 Å². The number of amides is 3. The van der Waals surface area contributed by atoms with Gasteiger partial charge in [-0.3, -0.25) is 10.1 Å². The van der Waals surface area contributed by atoms with Gasteiger partial charge in [0.2, 0.25) is 11.0 Å². The van der Waals surface area contributed by atoms with Crippen LogP contribution in [0.15, 0.2) is 10.8 Å². The highest BCUT2D eigenvalue weighted by Crippen LogP contribution is 2.12. The van der Waals surface area contributed by atoms with Gasteiger partial charge in [-0.2, -0.15) is 5.01 Å². The molecule has 0 spiro atoms. The molecule has 0 unspecified atom stereocenters. The Morgan fingerprint density at radius 2 is 2.23 bits per heavy atom. The van der Waals surface area contributed by atoms with E-state index in [0.29, 0.717) is 16.6 Å². The number of rotatable bonds is 8. The number of anilines is 1. The normalized spacial score (nSPS) is 11.8. The standard InChI is InChI=1S/C11H17ClN6O3S/c1-7(2)5-8(9(19)15-10-16-13-6-22-10)14-11(20)18(17-21)4-3-12/h6-8H,3-5H2,1-2H3,(H,14,20)(H,15,16,19)/t8-/m1/s1. The minimum absolute atomic E-state index is 0.0384. The Hall–Kier alpha value is -1.81. The first-order chi connectivity index (χ1) is 10.5. The summed E-state index contributed by atoms with van der Waals surface area (Å²) in [5.74, 6) is -0.225. The Kier molecular flexibility index (Phi) is 7.67. The molecule has 3 amide bonds. The summed E-state index contributed by atoms with van der Waals surface area (Å²) in [6.07, 6.45) is 0.393. The summed E-state index contributed by atoms with van der Waals surface area (Å²) in [7, 11) is 0. The quantitative estimate of drug-likeness (QED) is 0.422. The molecule has 0 radical (unpaired) electrons. The second-order valence-electron chi connectivity index (χ2n) is 4.76. The van der Waals surface area contributed by atoms with Gasteiger partial charge in [-0.15, -0.1) is 26.7 Å². The summed E-state index contributed by atoms with van der Waals surface area (Å²) in [5, 5.41) is 15.9. The third kappa shape index (κ3) is 5.90. The fourth-order valence-electron chi connectivity index (χ4n) is 1.61. The number of carbonyl (C=O) groups excluding carboxylic acids is 2. The third-order valence-electron chi connectivity index (χ3n) is 2.54. The molecule has 1 aromatic rings. The Morgan fingerprint density at radius 3 is 2.73 bits per heavy atom. The Labute approximate surface area is 136 Å². The van der Waals surface area contributed by atoms with Crippen molar-refractivity contribution in [2.45, 2.75) is 26.3 Å². The predicted molar refractivity (Wildman–Crippen MR) is 83.5 cm³/mol. The van der Waals surface area contributed by atoms with E-state index in [1.165, 1.54) is 5.51 Å². The Bertz CT molecular complexity index is 498. The van der Waals surface area contributed by atoms with Gasteiger partial charge < -0.3 is 5.32 Å². The monoisotopic (exact) mass is 348 g/mol. The van der Waals surface area contributed by atoms with Crippen LogP contribution in [0.1, 0.15) is 20.3 Å². The number of halogens is 1. The highest BCUT2D eigenvalue weighted by molar-refractivity contribution is 7.13. The van der Waals surface area contributed by atoms with Gasteiger partial charge in [-0.05, 0) is 12.3 Å². The molecule has 122 valence electrons. The molecule has 2 N–H and O–H groups in total. The van der Waals surface area contributed by atoms with Crippen LogP contribution in [0.25, 0.3) is 0 Å². The van der Waals surface area contributed by atoms with E-state index < -0.39 is 18.0 Å². The van der Waals surface area contributed by atoms with E-state index in [4.69, 9.17) is 11.6 Å². The van der Waals surface area contributed by atoms with Crippen LogP contribution in [0.3, 0.4) is 0 Å². The van der Waals surface area contributed by atoms with E-state index in [1.807, 2.05) is 13.8 Å². The zero-order valence-corrected chi connectivity index (χ0v) is 13.7. The molecule has 0 aliphatic carbocycles. The summed E-state index contributed by atoms with van der Waals surface area (Å²) in [6.45, 7) is 3.78. The number of hydrogen-bond acceptors (Lipinski definition) is 7. The van der Waals surface area contributed by atoms with Gasteiger partial charge in [0.15, 0.2) is 0 Å². The number of aromatic nitrogens is 2. The Balaban J connectivity index is 2.72. The third-order valence-corrected chi connectivity index (χ3v) is 3.32. The van der Waals surface area contributed by atoms with E-state index in [-0.39, 0.29) is 18.3 Å². The lowest BCUT2D eigenvalue weighted by molar-refractivity contribution is -0.118. The number of urea groups is 1. The topological polar surface area (TPSA) is 117 Å². The zero-order valence-electron chi connectivity index (χ0n) is 12.2. The average molecular weight is 349 g/mol. The van der Waals surface area contributed by atoms with Crippen molar-refractivity contribution < 1.29 is 9.59 Å². The van der Waals surface area contributed by atoms with E-state index >= 15 is 0 Å². The molecule has 1 aromatic heterocycles. The van der Waals surface area contributed by atoms with Gasteiger partial charge in [0.25, 0.3) is 0 Å². The van der Waals surface area contributed by atoms with Crippen LogP contribution in [0.4, 0.5) is 9.93 Å².